The largest absolute Gasteiger partial charge is 0.476 e. The number of rotatable bonds is 1. The normalized spacial score (nSPS) is 18.4. The Hall–Kier alpha value is -1.31. The first-order valence-corrected chi connectivity index (χ1v) is 3.53. The lowest BCUT2D eigenvalue weighted by atomic mass is 10.2. The standard InChI is InChI=1S/C9H9NO/c1-2-4-8(5-3-1)9-10-6-7-11-9/h1-5H,6-7H2/i4D,5D. The van der Waals surface area contributed by atoms with E-state index in [9.17, 15) is 0 Å². The second-order valence-corrected chi connectivity index (χ2v) is 2.22. The Bertz CT molecular complexity index is 342. The van der Waals surface area contributed by atoms with Gasteiger partial charge in [-0.3, -0.25) is 0 Å². The molecule has 0 aromatic heterocycles. The Morgan fingerprint density at radius 1 is 1.36 bits per heavy atom. The van der Waals surface area contributed by atoms with Crippen molar-refractivity contribution in [2.24, 2.45) is 4.99 Å². The van der Waals surface area contributed by atoms with Crippen molar-refractivity contribution in [1.29, 1.82) is 0 Å². The topological polar surface area (TPSA) is 21.6 Å². The van der Waals surface area contributed by atoms with Crippen LogP contribution in [0.2, 0.25) is 0 Å². The molecule has 2 rings (SSSR count). The van der Waals surface area contributed by atoms with Crippen molar-refractivity contribution in [1.82, 2.24) is 0 Å². The van der Waals surface area contributed by atoms with Crippen molar-refractivity contribution in [3.8, 4) is 0 Å². The Balaban J connectivity index is 2.49. The van der Waals surface area contributed by atoms with Crippen molar-refractivity contribution in [2.45, 2.75) is 0 Å². The van der Waals surface area contributed by atoms with Gasteiger partial charge in [0.25, 0.3) is 0 Å². The van der Waals surface area contributed by atoms with Gasteiger partial charge in [0.15, 0.2) is 0 Å². The van der Waals surface area contributed by atoms with Crippen LogP contribution in [0.4, 0.5) is 0 Å². The molecular weight excluding hydrogens is 138 g/mol. The summed E-state index contributed by atoms with van der Waals surface area (Å²) in [6.07, 6.45) is 0. The number of hydrogen-bond donors (Lipinski definition) is 0. The molecule has 0 amide bonds. The van der Waals surface area contributed by atoms with E-state index in [1.807, 2.05) is 0 Å². The number of ether oxygens (including phenoxy) is 1. The quantitative estimate of drug-likeness (QED) is 0.592. The first-order chi connectivity index (χ1) is 6.29. The molecule has 0 bridgehead atoms. The van der Waals surface area contributed by atoms with Crippen LogP contribution >= 0.6 is 0 Å². The van der Waals surface area contributed by atoms with Crippen LogP contribution in [0, 0.1) is 0 Å². The number of benzene rings is 1. The van der Waals surface area contributed by atoms with Crippen LogP contribution in [0.15, 0.2) is 35.3 Å². The van der Waals surface area contributed by atoms with E-state index < -0.39 is 0 Å². The van der Waals surface area contributed by atoms with Crippen LogP contribution in [-0.2, 0) is 4.74 Å². The third-order valence-electron chi connectivity index (χ3n) is 1.45. The zero-order valence-electron chi connectivity index (χ0n) is 8.00. The van der Waals surface area contributed by atoms with E-state index in [0.29, 0.717) is 36.7 Å². The van der Waals surface area contributed by atoms with Gasteiger partial charge in [0.1, 0.15) is 6.61 Å². The van der Waals surface area contributed by atoms with Crippen LogP contribution in [-0.4, -0.2) is 19.0 Å². The lowest BCUT2D eigenvalue weighted by Crippen LogP contribution is -1.99. The SMILES string of the molecule is [2H]c1cccc([2H])c1C1=NCCO1. The van der Waals surface area contributed by atoms with E-state index in [4.69, 9.17) is 7.48 Å². The summed E-state index contributed by atoms with van der Waals surface area (Å²) in [4.78, 5) is 4.08. The summed E-state index contributed by atoms with van der Waals surface area (Å²) in [5, 5.41) is 0. The smallest absolute Gasteiger partial charge is 0.216 e. The lowest BCUT2D eigenvalue weighted by Gasteiger charge is -1.98. The summed E-state index contributed by atoms with van der Waals surface area (Å²) < 4.78 is 20.4. The summed E-state index contributed by atoms with van der Waals surface area (Å²) in [5.41, 5.74) is 0.500. The molecule has 0 spiro atoms. The average molecular weight is 149 g/mol. The van der Waals surface area contributed by atoms with E-state index in [-0.39, 0.29) is 0 Å². The summed E-state index contributed by atoms with van der Waals surface area (Å²) in [7, 11) is 0. The summed E-state index contributed by atoms with van der Waals surface area (Å²) in [6.45, 7) is 1.19. The van der Waals surface area contributed by atoms with Gasteiger partial charge in [-0.05, 0) is 12.1 Å². The maximum absolute atomic E-state index is 7.60. The Labute approximate surface area is 68.3 Å². The number of aliphatic imine (C=N–C) groups is 1. The van der Waals surface area contributed by atoms with Gasteiger partial charge < -0.3 is 4.74 Å². The molecule has 0 saturated carbocycles. The molecule has 0 radical (unpaired) electrons. The fraction of sp³-hybridized carbons (Fsp3) is 0.222. The van der Waals surface area contributed by atoms with Crippen LogP contribution in [0.25, 0.3) is 0 Å². The third-order valence-corrected chi connectivity index (χ3v) is 1.45. The number of hydrogen-bond acceptors (Lipinski definition) is 2. The van der Waals surface area contributed by atoms with Crippen LogP contribution in [0.1, 0.15) is 8.30 Å². The zero-order valence-corrected chi connectivity index (χ0v) is 6.00. The molecule has 0 N–H and O–H groups in total. The fourth-order valence-electron chi connectivity index (χ4n) is 0.963. The number of nitrogens with zero attached hydrogens (tertiary/aromatic N) is 1. The third kappa shape index (κ3) is 1.24. The van der Waals surface area contributed by atoms with Crippen LogP contribution < -0.4 is 0 Å². The molecule has 0 unspecified atom stereocenters. The Morgan fingerprint density at radius 3 is 2.82 bits per heavy atom. The molecule has 11 heavy (non-hydrogen) atoms. The van der Waals surface area contributed by atoms with E-state index >= 15 is 0 Å². The zero-order chi connectivity index (χ0) is 9.26. The molecule has 1 aliphatic heterocycles. The summed E-state index contributed by atoms with van der Waals surface area (Å²) >= 11 is 0. The van der Waals surface area contributed by atoms with Gasteiger partial charge >= 0.3 is 0 Å². The summed E-state index contributed by atoms with van der Waals surface area (Å²) in [6, 6.07) is 5.56. The molecule has 1 aliphatic rings. The highest BCUT2D eigenvalue weighted by molar-refractivity contribution is 5.94. The Morgan fingerprint density at radius 2 is 2.18 bits per heavy atom. The van der Waals surface area contributed by atoms with Gasteiger partial charge in [-0.2, -0.15) is 0 Å². The monoisotopic (exact) mass is 149 g/mol. The minimum atomic E-state index is 0.299. The van der Waals surface area contributed by atoms with Gasteiger partial charge in [0.05, 0.1) is 9.29 Å². The van der Waals surface area contributed by atoms with Crippen molar-refractivity contribution in [3.05, 3.63) is 35.8 Å². The molecule has 2 nitrogen and oxygen atoms in total. The minimum Gasteiger partial charge on any atom is -0.476 e. The maximum Gasteiger partial charge on any atom is 0.216 e. The summed E-state index contributed by atoms with van der Waals surface area (Å²) in [5.74, 6) is 0.440. The molecule has 0 fully saturated rings. The van der Waals surface area contributed by atoms with Crippen LogP contribution in [0.5, 0.6) is 0 Å². The molecule has 56 valence electrons. The molecule has 0 saturated heterocycles. The predicted molar refractivity (Wildman–Crippen MR) is 43.8 cm³/mol. The molecule has 1 aromatic carbocycles. The van der Waals surface area contributed by atoms with Gasteiger partial charge in [0.2, 0.25) is 5.90 Å². The van der Waals surface area contributed by atoms with E-state index in [1.165, 1.54) is 0 Å². The van der Waals surface area contributed by atoms with Gasteiger partial charge in [-0.1, -0.05) is 18.2 Å². The molecule has 0 atom stereocenters. The first kappa shape index (κ1) is 4.54. The Kier molecular flexibility index (Phi) is 1.13. The van der Waals surface area contributed by atoms with Crippen molar-refractivity contribution in [3.63, 3.8) is 0 Å². The highest BCUT2D eigenvalue weighted by atomic mass is 16.5. The van der Waals surface area contributed by atoms with Crippen LogP contribution in [0.3, 0.4) is 0 Å². The highest BCUT2D eigenvalue weighted by Crippen LogP contribution is 2.06. The van der Waals surface area contributed by atoms with E-state index in [0.717, 1.165) is 0 Å². The molecule has 2 heteroatoms. The first-order valence-electron chi connectivity index (χ1n) is 4.53. The molecule has 1 aromatic rings. The van der Waals surface area contributed by atoms with E-state index in [2.05, 4.69) is 4.99 Å². The molecule has 0 aliphatic carbocycles. The average Bonchev–Trinajstić information content (AvgIpc) is 2.57. The minimum absolute atomic E-state index is 0.299. The molecule has 1 heterocycles. The predicted octanol–water partition coefficient (Wildman–Crippen LogP) is 1.46. The van der Waals surface area contributed by atoms with Crippen molar-refractivity contribution in [2.75, 3.05) is 13.2 Å². The highest BCUT2D eigenvalue weighted by Gasteiger charge is 2.07. The van der Waals surface area contributed by atoms with Crippen molar-refractivity contribution < 1.29 is 7.48 Å². The van der Waals surface area contributed by atoms with Crippen molar-refractivity contribution >= 4 is 5.90 Å². The fourth-order valence-corrected chi connectivity index (χ4v) is 0.963. The molecular formula is C9H9NO. The van der Waals surface area contributed by atoms with Gasteiger partial charge in [0, 0.05) is 5.56 Å². The van der Waals surface area contributed by atoms with Gasteiger partial charge in [-0.15, -0.1) is 0 Å². The maximum atomic E-state index is 7.60. The second kappa shape index (κ2) is 2.74. The van der Waals surface area contributed by atoms with Gasteiger partial charge in [-0.25, -0.2) is 4.99 Å². The lowest BCUT2D eigenvalue weighted by molar-refractivity contribution is 0.348. The second-order valence-electron chi connectivity index (χ2n) is 2.22. The van der Waals surface area contributed by atoms with E-state index in [1.54, 1.807) is 18.2 Å².